The smallest absolute Gasteiger partial charge is 0.302 e. The van der Waals surface area contributed by atoms with Gasteiger partial charge in [0.1, 0.15) is 0 Å². The van der Waals surface area contributed by atoms with Crippen LogP contribution in [0.4, 0.5) is 0 Å². The number of carbonyl (C=O) groups excluding carboxylic acids is 1. The van der Waals surface area contributed by atoms with E-state index >= 15 is 0 Å². The molecule has 0 heterocycles. The highest BCUT2D eigenvalue weighted by Gasteiger charge is 2.06. The molecule has 0 saturated carbocycles. The van der Waals surface area contributed by atoms with Gasteiger partial charge in [-0.1, -0.05) is 19.1 Å². The van der Waals surface area contributed by atoms with Crippen LogP contribution >= 0.6 is 22.6 Å². The summed E-state index contributed by atoms with van der Waals surface area (Å²) >= 11 is 2.27. The second-order valence-electron chi connectivity index (χ2n) is 3.26. The summed E-state index contributed by atoms with van der Waals surface area (Å²) in [6.07, 6.45) is 0. The molecule has 1 atom stereocenters. The fourth-order valence-electron chi connectivity index (χ4n) is 1.13. The Morgan fingerprint density at radius 2 is 2.00 bits per heavy atom. The summed E-state index contributed by atoms with van der Waals surface area (Å²) in [6.45, 7) is 3.93. The first-order chi connectivity index (χ1) is 6.59. The SMILES string of the molecule is CC(=O)OCC(C)c1ccc(I)cc1. The summed E-state index contributed by atoms with van der Waals surface area (Å²) in [4.78, 5) is 10.6. The average Bonchev–Trinajstić information content (AvgIpc) is 2.15. The molecular weight excluding hydrogens is 291 g/mol. The third-order valence-electron chi connectivity index (χ3n) is 1.98. The molecule has 0 fully saturated rings. The van der Waals surface area contributed by atoms with Crippen molar-refractivity contribution in [3.63, 3.8) is 0 Å². The third-order valence-corrected chi connectivity index (χ3v) is 2.69. The predicted octanol–water partition coefficient (Wildman–Crippen LogP) is 2.96. The van der Waals surface area contributed by atoms with Gasteiger partial charge in [-0.3, -0.25) is 4.79 Å². The number of halogens is 1. The van der Waals surface area contributed by atoms with Crippen molar-refractivity contribution >= 4 is 28.6 Å². The molecular formula is C11H13IO2. The normalized spacial score (nSPS) is 12.2. The minimum Gasteiger partial charge on any atom is -0.465 e. The summed E-state index contributed by atoms with van der Waals surface area (Å²) in [6, 6.07) is 8.24. The van der Waals surface area contributed by atoms with Crippen LogP contribution in [-0.2, 0) is 9.53 Å². The van der Waals surface area contributed by atoms with Gasteiger partial charge in [-0.25, -0.2) is 0 Å². The van der Waals surface area contributed by atoms with Crippen molar-refractivity contribution in [1.29, 1.82) is 0 Å². The summed E-state index contributed by atoms with van der Waals surface area (Å²) < 4.78 is 6.16. The second kappa shape index (κ2) is 5.34. The minimum atomic E-state index is -0.220. The maximum absolute atomic E-state index is 10.6. The van der Waals surface area contributed by atoms with Crippen LogP contribution < -0.4 is 0 Å². The molecule has 0 bridgehead atoms. The highest BCUT2D eigenvalue weighted by Crippen LogP contribution is 2.16. The van der Waals surface area contributed by atoms with Crippen LogP contribution in [0.15, 0.2) is 24.3 Å². The molecule has 0 radical (unpaired) electrons. The Bertz CT molecular complexity index is 306. The van der Waals surface area contributed by atoms with E-state index in [-0.39, 0.29) is 11.9 Å². The van der Waals surface area contributed by atoms with Gasteiger partial charge in [0.25, 0.3) is 0 Å². The molecule has 1 unspecified atom stereocenters. The van der Waals surface area contributed by atoms with Crippen LogP contribution in [0.1, 0.15) is 25.3 Å². The molecule has 1 aromatic carbocycles. The van der Waals surface area contributed by atoms with Gasteiger partial charge < -0.3 is 4.74 Å². The van der Waals surface area contributed by atoms with Gasteiger partial charge in [0.2, 0.25) is 0 Å². The number of carbonyl (C=O) groups is 1. The summed E-state index contributed by atoms with van der Waals surface area (Å²) in [5.74, 6) is 0.0401. The molecule has 1 aromatic rings. The van der Waals surface area contributed by atoms with E-state index in [0.29, 0.717) is 6.61 Å². The van der Waals surface area contributed by atoms with Crippen molar-refractivity contribution in [1.82, 2.24) is 0 Å². The van der Waals surface area contributed by atoms with Crippen molar-refractivity contribution < 1.29 is 9.53 Å². The molecule has 2 nitrogen and oxygen atoms in total. The first kappa shape index (κ1) is 11.5. The summed E-state index contributed by atoms with van der Waals surface area (Å²) in [7, 11) is 0. The van der Waals surface area contributed by atoms with Crippen LogP contribution in [0.5, 0.6) is 0 Å². The number of benzene rings is 1. The van der Waals surface area contributed by atoms with E-state index in [1.54, 1.807) is 0 Å². The van der Waals surface area contributed by atoms with E-state index in [2.05, 4.69) is 46.9 Å². The lowest BCUT2D eigenvalue weighted by atomic mass is 10.0. The Hall–Kier alpha value is -0.580. The van der Waals surface area contributed by atoms with Crippen molar-refractivity contribution in [2.24, 2.45) is 0 Å². The highest BCUT2D eigenvalue weighted by atomic mass is 127. The molecule has 0 spiro atoms. The first-order valence-corrected chi connectivity index (χ1v) is 5.56. The Labute approximate surface area is 97.8 Å². The number of hydrogen-bond donors (Lipinski definition) is 0. The largest absolute Gasteiger partial charge is 0.465 e. The monoisotopic (exact) mass is 304 g/mol. The lowest BCUT2D eigenvalue weighted by Gasteiger charge is -2.11. The topological polar surface area (TPSA) is 26.3 Å². The molecule has 0 aromatic heterocycles. The van der Waals surface area contributed by atoms with E-state index in [1.807, 2.05) is 6.92 Å². The molecule has 3 heteroatoms. The number of rotatable bonds is 3. The molecule has 14 heavy (non-hydrogen) atoms. The Morgan fingerprint density at radius 3 is 2.50 bits per heavy atom. The average molecular weight is 304 g/mol. The van der Waals surface area contributed by atoms with Gasteiger partial charge in [-0.05, 0) is 40.3 Å². The Balaban J connectivity index is 2.56. The van der Waals surface area contributed by atoms with E-state index in [9.17, 15) is 4.79 Å². The van der Waals surface area contributed by atoms with E-state index in [1.165, 1.54) is 16.1 Å². The summed E-state index contributed by atoms with van der Waals surface area (Å²) in [5, 5.41) is 0. The van der Waals surface area contributed by atoms with Gasteiger partial charge >= 0.3 is 5.97 Å². The van der Waals surface area contributed by atoms with Crippen molar-refractivity contribution in [3.05, 3.63) is 33.4 Å². The van der Waals surface area contributed by atoms with Gasteiger partial charge in [-0.15, -0.1) is 0 Å². The molecule has 76 valence electrons. The first-order valence-electron chi connectivity index (χ1n) is 4.48. The maximum atomic E-state index is 10.6. The fourth-order valence-corrected chi connectivity index (χ4v) is 1.49. The lowest BCUT2D eigenvalue weighted by molar-refractivity contribution is -0.141. The molecule has 0 N–H and O–H groups in total. The minimum absolute atomic E-state index is 0.220. The van der Waals surface area contributed by atoms with Crippen LogP contribution in [0, 0.1) is 3.57 Å². The highest BCUT2D eigenvalue weighted by molar-refractivity contribution is 14.1. The van der Waals surface area contributed by atoms with Crippen molar-refractivity contribution in [2.75, 3.05) is 6.61 Å². The molecule has 1 rings (SSSR count). The van der Waals surface area contributed by atoms with Crippen molar-refractivity contribution in [3.8, 4) is 0 Å². The predicted molar refractivity (Wildman–Crippen MR) is 64.2 cm³/mol. The quantitative estimate of drug-likeness (QED) is 0.634. The van der Waals surface area contributed by atoms with Gasteiger partial charge in [0, 0.05) is 16.4 Å². The van der Waals surface area contributed by atoms with E-state index in [4.69, 9.17) is 4.74 Å². The van der Waals surface area contributed by atoms with E-state index in [0.717, 1.165) is 0 Å². The Kier molecular flexibility index (Phi) is 4.38. The standard InChI is InChI=1S/C11H13IO2/c1-8(7-14-9(2)13)10-3-5-11(12)6-4-10/h3-6,8H,7H2,1-2H3. The zero-order chi connectivity index (χ0) is 10.6. The molecule has 0 aliphatic carbocycles. The third kappa shape index (κ3) is 3.65. The van der Waals surface area contributed by atoms with Crippen LogP contribution in [0.25, 0.3) is 0 Å². The second-order valence-corrected chi connectivity index (χ2v) is 4.50. The van der Waals surface area contributed by atoms with Crippen LogP contribution in [0.2, 0.25) is 0 Å². The molecule has 0 amide bonds. The van der Waals surface area contributed by atoms with E-state index < -0.39 is 0 Å². The van der Waals surface area contributed by atoms with Gasteiger partial charge in [-0.2, -0.15) is 0 Å². The molecule has 0 aliphatic heterocycles. The zero-order valence-electron chi connectivity index (χ0n) is 8.29. The maximum Gasteiger partial charge on any atom is 0.302 e. The Morgan fingerprint density at radius 1 is 1.43 bits per heavy atom. The lowest BCUT2D eigenvalue weighted by Crippen LogP contribution is -2.07. The van der Waals surface area contributed by atoms with Crippen LogP contribution in [-0.4, -0.2) is 12.6 Å². The fraction of sp³-hybridized carbons (Fsp3) is 0.364. The van der Waals surface area contributed by atoms with Crippen LogP contribution in [0.3, 0.4) is 0 Å². The number of esters is 1. The number of ether oxygens (including phenoxy) is 1. The number of hydrogen-bond acceptors (Lipinski definition) is 2. The summed E-state index contributed by atoms with van der Waals surface area (Å²) in [5.41, 5.74) is 1.20. The zero-order valence-corrected chi connectivity index (χ0v) is 10.4. The molecule has 0 saturated heterocycles. The molecule has 0 aliphatic rings. The van der Waals surface area contributed by atoms with Gasteiger partial charge in [0.05, 0.1) is 6.61 Å². The van der Waals surface area contributed by atoms with Crippen molar-refractivity contribution in [2.45, 2.75) is 19.8 Å². The van der Waals surface area contributed by atoms with Gasteiger partial charge in [0.15, 0.2) is 0 Å².